The number of ether oxygens (including phenoxy) is 1. The van der Waals surface area contributed by atoms with Gasteiger partial charge in [-0.25, -0.2) is 0 Å². The minimum Gasteiger partial charge on any atom is -0.387 e. The van der Waals surface area contributed by atoms with Crippen LogP contribution in [0.4, 0.5) is 0 Å². The van der Waals surface area contributed by atoms with Gasteiger partial charge in [-0.2, -0.15) is 4.98 Å². The number of carbonyl (C=O) groups excluding carboxylic acids is 1. The number of amides is 1. The molecule has 0 radical (unpaired) electrons. The molecular formula is C14H17N3O4. The Balaban J connectivity index is 1.85. The maximum Gasteiger partial charge on any atom is 0.253 e. The molecule has 1 heterocycles. The molecule has 2 rings (SSSR count). The number of benzene rings is 1. The van der Waals surface area contributed by atoms with Crippen LogP contribution in [0.5, 0.6) is 0 Å². The Kier molecular flexibility index (Phi) is 5.42. The Hall–Kier alpha value is -2.25. The van der Waals surface area contributed by atoms with Gasteiger partial charge in [-0.15, -0.1) is 0 Å². The zero-order valence-corrected chi connectivity index (χ0v) is 11.7. The van der Waals surface area contributed by atoms with Gasteiger partial charge in [-0.05, 0) is 5.56 Å². The molecule has 1 aromatic heterocycles. The number of hydrogen-bond acceptors (Lipinski definition) is 6. The maximum absolute atomic E-state index is 12.1. The fraction of sp³-hybridized carbons (Fsp3) is 0.357. The number of aliphatic hydroxyl groups excluding tert-OH is 1. The predicted molar refractivity (Wildman–Crippen MR) is 73.1 cm³/mol. The number of aliphatic hydroxyl groups is 1. The minimum absolute atomic E-state index is 0.162. The topological polar surface area (TPSA) is 97.5 Å². The summed E-state index contributed by atoms with van der Waals surface area (Å²) in [5.74, 6) is 0.373. The lowest BCUT2D eigenvalue weighted by Crippen LogP contribution is -2.32. The molecule has 21 heavy (non-hydrogen) atoms. The van der Waals surface area contributed by atoms with E-state index in [4.69, 9.17) is 14.4 Å². The molecule has 0 fully saturated rings. The predicted octanol–water partition coefficient (Wildman–Crippen LogP) is 0.608. The van der Waals surface area contributed by atoms with E-state index in [2.05, 4.69) is 15.5 Å². The molecule has 1 aromatic carbocycles. The summed E-state index contributed by atoms with van der Waals surface area (Å²) in [6.45, 7) is 0.0645. The van der Waals surface area contributed by atoms with Crippen LogP contribution in [0.2, 0.25) is 0 Å². The first-order valence-corrected chi connectivity index (χ1v) is 6.52. The molecule has 7 nitrogen and oxygen atoms in total. The van der Waals surface area contributed by atoms with Gasteiger partial charge in [0.1, 0.15) is 6.61 Å². The third-order valence-corrected chi connectivity index (χ3v) is 2.87. The number of rotatable bonds is 7. The fourth-order valence-corrected chi connectivity index (χ4v) is 1.87. The van der Waals surface area contributed by atoms with Crippen LogP contribution >= 0.6 is 0 Å². The summed E-state index contributed by atoms with van der Waals surface area (Å²) < 4.78 is 9.99. The second kappa shape index (κ2) is 7.51. The minimum atomic E-state index is -0.649. The first-order chi connectivity index (χ1) is 10.2. The van der Waals surface area contributed by atoms with Crippen LogP contribution in [0.1, 0.15) is 23.4 Å². The summed E-state index contributed by atoms with van der Waals surface area (Å²) in [7, 11) is 1.49. The van der Waals surface area contributed by atoms with Crippen LogP contribution in [-0.2, 0) is 22.6 Å². The smallest absolute Gasteiger partial charge is 0.253 e. The molecular weight excluding hydrogens is 274 g/mol. The van der Waals surface area contributed by atoms with Gasteiger partial charge >= 0.3 is 0 Å². The quantitative estimate of drug-likeness (QED) is 0.775. The van der Waals surface area contributed by atoms with E-state index in [-0.39, 0.29) is 18.4 Å². The van der Waals surface area contributed by atoms with Gasteiger partial charge in [-0.1, -0.05) is 35.5 Å². The Morgan fingerprint density at radius 3 is 2.81 bits per heavy atom. The second-order valence-electron chi connectivity index (χ2n) is 4.33. The molecule has 0 aliphatic carbocycles. The lowest BCUT2D eigenvalue weighted by atomic mass is 10.1. The highest BCUT2D eigenvalue weighted by Gasteiger charge is 2.19. The summed E-state index contributed by atoms with van der Waals surface area (Å²) >= 11 is 0. The number of nitrogens with zero attached hydrogens (tertiary/aromatic N) is 2. The van der Waals surface area contributed by atoms with Crippen LogP contribution in [0.15, 0.2) is 34.9 Å². The van der Waals surface area contributed by atoms with Crippen LogP contribution < -0.4 is 5.32 Å². The zero-order chi connectivity index (χ0) is 15.1. The Morgan fingerprint density at radius 1 is 1.43 bits per heavy atom. The molecule has 2 aromatic rings. The van der Waals surface area contributed by atoms with Crippen molar-refractivity contribution < 1.29 is 19.2 Å². The average Bonchev–Trinajstić information content (AvgIpc) is 2.97. The first kappa shape index (κ1) is 15.1. The monoisotopic (exact) mass is 291 g/mol. The molecule has 0 aliphatic heterocycles. The molecule has 112 valence electrons. The highest BCUT2D eigenvalue weighted by molar-refractivity contribution is 5.82. The van der Waals surface area contributed by atoms with E-state index in [9.17, 15) is 4.79 Å². The van der Waals surface area contributed by atoms with Crippen molar-refractivity contribution in [3.05, 3.63) is 47.6 Å². The zero-order valence-electron chi connectivity index (χ0n) is 11.7. The van der Waals surface area contributed by atoms with E-state index >= 15 is 0 Å². The summed E-state index contributed by atoms with van der Waals surface area (Å²) in [4.78, 5) is 16.0. The van der Waals surface area contributed by atoms with Gasteiger partial charge in [0.05, 0.1) is 0 Å². The molecule has 1 atom stereocenters. The van der Waals surface area contributed by atoms with Crippen molar-refractivity contribution in [2.24, 2.45) is 0 Å². The SMILES string of the molecule is CO[C@H](C(=O)NCCc1noc(CO)n1)c1ccccc1. The van der Waals surface area contributed by atoms with E-state index in [1.54, 1.807) is 0 Å². The normalized spacial score (nSPS) is 12.1. The van der Waals surface area contributed by atoms with Gasteiger partial charge in [0.15, 0.2) is 11.9 Å². The number of methoxy groups -OCH3 is 1. The lowest BCUT2D eigenvalue weighted by Gasteiger charge is -2.15. The molecule has 2 N–H and O–H groups in total. The standard InChI is InChI=1S/C14H17N3O4/c1-20-13(10-5-3-2-4-6-10)14(19)15-8-7-11-16-12(9-18)21-17-11/h2-6,13,18H,7-9H2,1H3,(H,15,19)/t13-/m0/s1. The largest absolute Gasteiger partial charge is 0.387 e. The third kappa shape index (κ3) is 4.11. The number of nitrogens with one attached hydrogen (secondary N) is 1. The van der Waals surface area contributed by atoms with Crippen LogP contribution in [0.3, 0.4) is 0 Å². The Bertz CT molecular complexity index is 571. The summed E-state index contributed by atoms with van der Waals surface area (Å²) in [6.07, 6.45) is -0.232. The Labute approximate surface area is 121 Å². The van der Waals surface area contributed by atoms with Crippen molar-refractivity contribution >= 4 is 5.91 Å². The van der Waals surface area contributed by atoms with Gasteiger partial charge in [0.2, 0.25) is 0 Å². The molecule has 7 heteroatoms. The van der Waals surface area contributed by atoms with E-state index in [1.807, 2.05) is 30.3 Å². The van der Waals surface area contributed by atoms with E-state index < -0.39 is 6.10 Å². The summed E-state index contributed by atoms with van der Waals surface area (Å²) in [6, 6.07) is 9.25. The van der Waals surface area contributed by atoms with Crippen molar-refractivity contribution in [3.8, 4) is 0 Å². The third-order valence-electron chi connectivity index (χ3n) is 2.87. The highest BCUT2D eigenvalue weighted by Crippen LogP contribution is 2.15. The van der Waals surface area contributed by atoms with Gasteiger partial charge in [-0.3, -0.25) is 4.79 Å². The van der Waals surface area contributed by atoms with Crippen molar-refractivity contribution in [2.75, 3.05) is 13.7 Å². The molecule has 0 saturated carbocycles. The lowest BCUT2D eigenvalue weighted by molar-refractivity contribution is -0.131. The van der Waals surface area contributed by atoms with Crippen LogP contribution in [-0.4, -0.2) is 34.8 Å². The van der Waals surface area contributed by atoms with Crippen molar-refractivity contribution in [1.29, 1.82) is 0 Å². The maximum atomic E-state index is 12.1. The molecule has 0 saturated heterocycles. The Morgan fingerprint density at radius 2 is 2.19 bits per heavy atom. The van der Waals surface area contributed by atoms with E-state index in [0.717, 1.165) is 5.56 Å². The highest BCUT2D eigenvalue weighted by atomic mass is 16.5. The molecule has 0 unspecified atom stereocenters. The second-order valence-corrected chi connectivity index (χ2v) is 4.33. The number of hydrogen-bond donors (Lipinski definition) is 2. The number of aromatic nitrogens is 2. The van der Waals surface area contributed by atoms with Crippen LogP contribution in [0, 0.1) is 0 Å². The average molecular weight is 291 g/mol. The summed E-state index contributed by atoms with van der Waals surface area (Å²) in [5, 5.41) is 15.3. The molecule has 0 spiro atoms. The molecule has 1 amide bonds. The van der Waals surface area contributed by atoms with Crippen LogP contribution in [0.25, 0.3) is 0 Å². The molecule has 0 aliphatic rings. The van der Waals surface area contributed by atoms with E-state index in [1.165, 1.54) is 7.11 Å². The fourth-order valence-electron chi connectivity index (χ4n) is 1.87. The molecule has 0 bridgehead atoms. The number of carbonyl (C=O) groups is 1. The van der Waals surface area contributed by atoms with Crippen molar-refractivity contribution in [3.63, 3.8) is 0 Å². The summed E-state index contributed by atoms with van der Waals surface area (Å²) in [5.41, 5.74) is 0.791. The van der Waals surface area contributed by atoms with E-state index in [0.29, 0.717) is 18.8 Å². The van der Waals surface area contributed by atoms with Gasteiger partial charge in [0.25, 0.3) is 11.8 Å². The van der Waals surface area contributed by atoms with Crippen molar-refractivity contribution in [1.82, 2.24) is 15.5 Å². The first-order valence-electron chi connectivity index (χ1n) is 6.52. The van der Waals surface area contributed by atoms with Crippen molar-refractivity contribution in [2.45, 2.75) is 19.1 Å². The van der Waals surface area contributed by atoms with Gasteiger partial charge < -0.3 is 19.7 Å². The van der Waals surface area contributed by atoms with Gasteiger partial charge in [0, 0.05) is 20.1 Å².